The van der Waals surface area contributed by atoms with E-state index in [1.807, 2.05) is 0 Å². The molecular weight excluding hydrogens is 196 g/mol. The van der Waals surface area contributed by atoms with Crippen LogP contribution in [0.1, 0.15) is 6.42 Å². The van der Waals surface area contributed by atoms with Crippen LogP contribution >= 0.6 is 0 Å². The van der Waals surface area contributed by atoms with Crippen molar-refractivity contribution >= 4 is 5.91 Å². The summed E-state index contributed by atoms with van der Waals surface area (Å²) in [5.74, 6) is 0.123. The van der Waals surface area contributed by atoms with Gasteiger partial charge in [-0.25, -0.2) is 0 Å². The van der Waals surface area contributed by atoms with Crippen molar-refractivity contribution in [3.63, 3.8) is 0 Å². The van der Waals surface area contributed by atoms with Gasteiger partial charge in [0.05, 0.1) is 25.9 Å². The molecule has 15 heavy (non-hydrogen) atoms. The van der Waals surface area contributed by atoms with E-state index in [4.69, 9.17) is 9.84 Å². The minimum Gasteiger partial charge on any atom is -0.395 e. The van der Waals surface area contributed by atoms with Crippen LogP contribution in [0.3, 0.4) is 0 Å². The third-order valence-electron chi connectivity index (χ3n) is 2.67. The van der Waals surface area contributed by atoms with Crippen LogP contribution in [0.25, 0.3) is 0 Å². The number of amides is 1. The number of rotatable bonds is 4. The fourth-order valence-corrected chi connectivity index (χ4v) is 1.61. The molecule has 88 valence electrons. The quantitative estimate of drug-likeness (QED) is 0.665. The van der Waals surface area contributed by atoms with Crippen LogP contribution in [-0.4, -0.2) is 73.9 Å². The van der Waals surface area contributed by atoms with Gasteiger partial charge in [0.2, 0.25) is 5.91 Å². The van der Waals surface area contributed by atoms with Gasteiger partial charge in [0.25, 0.3) is 0 Å². The van der Waals surface area contributed by atoms with Crippen LogP contribution in [0, 0.1) is 0 Å². The van der Waals surface area contributed by atoms with Gasteiger partial charge in [-0.15, -0.1) is 0 Å². The molecule has 1 atom stereocenters. The van der Waals surface area contributed by atoms with Gasteiger partial charge >= 0.3 is 0 Å². The molecule has 0 aromatic heterocycles. The largest absolute Gasteiger partial charge is 0.395 e. The standard InChI is InChI=1S/C10H20N2O3/c1-11(2)10(14)3-4-12-5-6-15-8-9(12)7-13/h9,13H,3-8H2,1-2H3. The highest BCUT2D eigenvalue weighted by molar-refractivity contribution is 5.75. The lowest BCUT2D eigenvalue weighted by Crippen LogP contribution is -2.48. The van der Waals surface area contributed by atoms with Crippen LogP contribution in [0.15, 0.2) is 0 Å². The van der Waals surface area contributed by atoms with E-state index in [1.54, 1.807) is 19.0 Å². The zero-order valence-electron chi connectivity index (χ0n) is 9.48. The second kappa shape index (κ2) is 6.05. The maximum Gasteiger partial charge on any atom is 0.223 e. The number of nitrogens with zero attached hydrogens (tertiary/aromatic N) is 2. The number of aliphatic hydroxyl groups excluding tert-OH is 1. The predicted octanol–water partition coefficient (Wildman–Crippen LogP) is -0.842. The van der Waals surface area contributed by atoms with E-state index in [-0.39, 0.29) is 18.6 Å². The molecule has 0 radical (unpaired) electrons. The minimum absolute atomic E-state index is 0.0497. The Morgan fingerprint density at radius 3 is 2.93 bits per heavy atom. The molecule has 0 aliphatic carbocycles. The van der Waals surface area contributed by atoms with Gasteiger partial charge in [0.1, 0.15) is 0 Å². The van der Waals surface area contributed by atoms with Crippen LogP contribution in [-0.2, 0) is 9.53 Å². The molecule has 0 aromatic rings. The van der Waals surface area contributed by atoms with E-state index < -0.39 is 0 Å². The lowest BCUT2D eigenvalue weighted by Gasteiger charge is -2.34. The fourth-order valence-electron chi connectivity index (χ4n) is 1.61. The lowest BCUT2D eigenvalue weighted by atomic mass is 10.2. The Morgan fingerprint density at radius 2 is 2.33 bits per heavy atom. The summed E-state index contributed by atoms with van der Waals surface area (Å²) in [6.45, 7) is 2.84. The molecule has 5 nitrogen and oxygen atoms in total. The third kappa shape index (κ3) is 3.77. The predicted molar refractivity (Wildman–Crippen MR) is 56.6 cm³/mol. The Morgan fingerprint density at radius 1 is 1.60 bits per heavy atom. The van der Waals surface area contributed by atoms with Gasteiger partial charge in [-0.2, -0.15) is 0 Å². The van der Waals surface area contributed by atoms with Gasteiger partial charge in [-0.3, -0.25) is 9.69 Å². The summed E-state index contributed by atoms with van der Waals surface area (Å²) in [5, 5.41) is 9.12. The topological polar surface area (TPSA) is 53.0 Å². The third-order valence-corrected chi connectivity index (χ3v) is 2.67. The van der Waals surface area contributed by atoms with Crippen molar-refractivity contribution in [1.82, 2.24) is 9.80 Å². The summed E-state index contributed by atoms with van der Waals surface area (Å²) in [5.41, 5.74) is 0. The van der Waals surface area contributed by atoms with Gasteiger partial charge in [0, 0.05) is 33.6 Å². The number of ether oxygens (including phenoxy) is 1. The zero-order chi connectivity index (χ0) is 11.3. The first-order valence-electron chi connectivity index (χ1n) is 5.28. The molecule has 1 N–H and O–H groups in total. The van der Waals surface area contributed by atoms with Gasteiger partial charge < -0.3 is 14.7 Å². The average Bonchev–Trinajstić information content (AvgIpc) is 2.26. The zero-order valence-corrected chi connectivity index (χ0v) is 9.48. The van der Waals surface area contributed by atoms with Gasteiger partial charge in [-0.1, -0.05) is 0 Å². The number of morpholine rings is 1. The first kappa shape index (κ1) is 12.4. The van der Waals surface area contributed by atoms with E-state index in [9.17, 15) is 4.79 Å². The molecule has 1 rings (SSSR count). The minimum atomic E-state index is 0.0497. The Bertz CT molecular complexity index is 209. The van der Waals surface area contributed by atoms with Crippen LogP contribution in [0.5, 0.6) is 0 Å². The Balaban J connectivity index is 2.32. The molecule has 1 amide bonds. The number of carbonyl (C=O) groups is 1. The molecule has 1 heterocycles. The molecule has 1 aliphatic rings. The van der Waals surface area contributed by atoms with Gasteiger partial charge in [0.15, 0.2) is 0 Å². The highest BCUT2D eigenvalue weighted by atomic mass is 16.5. The van der Waals surface area contributed by atoms with E-state index in [1.165, 1.54) is 0 Å². The molecular formula is C10H20N2O3. The fraction of sp³-hybridized carbons (Fsp3) is 0.900. The Kier molecular flexibility index (Phi) is 5.01. The smallest absolute Gasteiger partial charge is 0.223 e. The Labute approximate surface area is 90.6 Å². The van der Waals surface area contributed by atoms with Crippen LogP contribution in [0.2, 0.25) is 0 Å². The SMILES string of the molecule is CN(C)C(=O)CCN1CCOCC1CO. The summed E-state index contributed by atoms with van der Waals surface area (Å²) in [6.07, 6.45) is 0.503. The number of hydrogen-bond acceptors (Lipinski definition) is 4. The summed E-state index contributed by atoms with van der Waals surface area (Å²) in [7, 11) is 3.51. The number of hydrogen-bond donors (Lipinski definition) is 1. The summed E-state index contributed by atoms with van der Waals surface area (Å²) in [4.78, 5) is 15.1. The molecule has 1 aliphatic heterocycles. The van der Waals surface area contributed by atoms with Crippen molar-refractivity contribution in [3.05, 3.63) is 0 Å². The molecule has 0 bridgehead atoms. The van der Waals surface area contributed by atoms with Crippen molar-refractivity contribution in [1.29, 1.82) is 0 Å². The maximum atomic E-state index is 11.4. The van der Waals surface area contributed by atoms with E-state index >= 15 is 0 Å². The number of aliphatic hydroxyl groups is 1. The van der Waals surface area contributed by atoms with E-state index in [0.29, 0.717) is 26.2 Å². The highest BCUT2D eigenvalue weighted by Gasteiger charge is 2.22. The maximum absolute atomic E-state index is 11.4. The molecule has 1 fully saturated rings. The molecule has 0 aromatic carbocycles. The van der Waals surface area contributed by atoms with Gasteiger partial charge in [-0.05, 0) is 0 Å². The summed E-state index contributed by atoms with van der Waals surface area (Å²) < 4.78 is 5.26. The molecule has 0 spiro atoms. The molecule has 1 unspecified atom stereocenters. The van der Waals surface area contributed by atoms with E-state index in [0.717, 1.165) is 6.54 Å². The Hall–Kier alpha value is -0.650. The second-order valence-electron chi connectivity index (χ2n) is 3.99. The average molecular weight is 216 g/mol. The van der Waals surface area contributed by atoms with Crippen molar-refractivity contribution < 1.29 is 14.6 Å². The summed E-state index contributed by atoms with van der Waals surface area (Å²) >= 11 is 0. The van der Waals surface area contributed by atoms with Crippen molar-refractivity contribution in [2.45, 2.75) is 12.5 Å². The summed E-state index contributed by atoms with van der Waals surface area (Å²) in [6, 6.07) is 0.0497. The molecule has 1 saturated heterocycles. The molecule has 5 heteroatoms. The van der Waals surface area contributed by atoms with Crippen LogP contribution in [0.4, 0.5) is 0 Å². The first-order valence-corrected chi connectivity index (χ1v) is 5.28. The van der Waals surface area contributed by atoms with E-state index in [2.05, 4.69) is 4.90 Å². The lowest BCUT2D eigenvalue weighted by molar-refractivity contribution is -0.129. The van der Waals surface area contributed by atoms with Crippen molar-refractivity contribution in [2.24, 2.45) is 0 Å². The first-order chi connectivity index (χ1) is 7.15. The number of carbonyl (C=O) groups excluding carboxylic acids is 1. The molecule has 0 saturated carbocycles. The monoisotopic (exact) mass is 216 g/mol. The van der Waals surface area contributed by atoms with Crippen LogP contribution < -0.4 is 0 Å². The van der Waals surface area contributed by atoms with Crippen molar-refractivity contribution in [2.75, 3.05) is 47.0 Å². The normalized spacial score (nSPS) is 22.7. The van der Waals surface area contributed by atoms with Crippen molar-refractivity contribution in [3.8, 4) is 0 Å². The highest BCUT2D eigenvalue weighted by Crippen LogP contribution is 2.07. The second-order valence-corrected chi connectivity index (χ2v) is 3.99.